The molecule has 3 aliphatic rings. The summed E-state index contributed by atoms with van der Waals surface area (Å²) in [5.74, 6) is 0.897. The molecule has 0 N–H and O–H groups in total. The molecule has 3 aliphatic heterocycles. The van der Waals surface area contributed by atoms with Crippen LogP contribution in [0.15, 0.2) is 23.0 Å². The topological polar surface area (TPSA) is 41.4 Å². The molecule has 1 aromatic heterocycles. The maximum absolute atomic E-state index is 13.1. The number of nitrogens with zero attached hydrogens (tertiary/aromatic N) is 4. The summed E-state index contributed by atoms with van der Waals surface area (Å²) in [5, 5.41) is 0.766. The average Bonchev–Trinajstić information content (AvgIpc) is 2.97. The lowest BCUT2D eigenvalue weighted by atomic mass is 10.0. The van der Waals surface area contributed by atoms with Crippen molar-refractivity contribution in [2.24, 2.45) is 0 Å². The minimum atomic E-state index is 0.119. The fraction of sp³-hybridized carbons (Fsp3) is 0.600. The van der Waals surface area contributed by atoms with Crippen molar-refractivity contribution in [2.75, 3.05) is 31.1 Å². The molecule has 4 heterocycles. The van der Waals surface area contributed by atoms with E-state index >= 15 is 0 Å². The van der Waals surface area contributed by atoms with Gasteiger partial charge in [-0.2, -0.15) is 0 Å². The first-order valence-corrected chi connectivity index (χ1v) is 9.73. The first kappa shape index (κ1) is 16.6. The molecule has 0 amide bonds. The third kappa shape index (κ3) is 2.95. The number of benzene rings is 1. The van der Waals surface area contributed by atoms with Gasteiger partial charge >= 0.3 is 0 Å². The number of hydrogen-bond donors (Lipinski definition) is 0. The van der Waals surface area contributed by atoms with Crippen LogP contribution in [0.2, 0.25) is 0 Å². The van der Waals surface area contributed by atoms with Crippen molar-refractivity contribution in [1.29, 1.82) is 0 Å². The van der Waals surface area contributed by atoms with E-state index in [2.05, 4.69) is 35.8 Å². The van der Waals surface area contributed by atoms with Gasteiger partial charge in [-0.1, -0.05) is 13.8 Å². The SMILES string of the molecule is CCCn1c(CC)nc2ccc(N3CCN4CCC3CC4)cc2c1=O. The van der Waals surface area contributed by atoms with E-state index in [1.807, 2.05) is 10.6 Å². The van der Waals surface area contributed by atoms with Crippen molar-refractivity contribution in [3.8, 4) is 0 Å². The first-order valence-electron chi connectivity index (χ1n) is 9.73. The largest absolute Gasteiger partial charge is 0.367 e. The highest BCUT2D eigenvalue weighted by molar-refractivity contribution is 5.82. The molecule has 5 rings (SSSR count). The van der Waals surface area contributed by atoms with Crippen LogP contribution in [0.25, 0.3) is 10.9 Å². The summed E-state index contributed by atoms with van der Waals surface area (Å²) >= 11 is 0. The van der Waals surface area contributed by atoms with E-state index in [4.69, 9.17) is 4.98 Å². The summed E-state index contributed by atoms with van der Waals surface area (Å²) in [4.78, 5) is 22.9. The van der Waals surface area contributed by atoms with Gasteiger partial charge in [-0.15, -0.1) is 0 Å². The highest BCUT2D eigenvalue weighted by atomic mass is 16.1. The van der Waals surface area contributed by atoms with Crippen LogP contribution < -0.4 is 10.5 Å². The van der Waals surface area contributed by atoms with Crippen molar-refractivity contribution in [1.82, 2.24) is 14.5 Å². The fourth-order valence-electron chi connectivity index (χ4n) is 4.38. The molecule has 25 heavy (non-hydrogen) atoms. The summed E-state index contributed by atoms with van der Waals surface area (Å²) in [5.41, 5.74) is 2.14. The second-order valence-electron chi connectivity index (χ2n) is 7.31. The molecular formula is C20H28N4O. The van der Waals surface area contributed by atoms with Crippen LogP contribution in [0.3, 0.4) is 0 Å². The molecule has 134 valence electrons. The number of aromatic nitrogens is 2. The first-order chi connectivity index (χ1) is 12.2. The zero-order valence-electron chi connectivity index (χ0n) is 15.4. The highest BCUT2D eigenvalue weighted by Gasteiger charge is 2.29. The summed E-state index contributed by atoms with van der Waals surface area (Å²) in [7, 11) is 0. The van der Waals surface area contributed by atoms with Crippen molar-refractivity contribution in [3.63, 3.8) is 0 Å². The Morgan fingerprint density at radius 3 is 2.64 bits per heavy atom. The molecule has 2 bridgehead atoms. The van der Waals surface area contributed by atoms with E-state index in [0.29, 0.717) is 6.04 Å². The number of piperidine rings is 1. The lowest BCUT2D eigenvalue weighted by molar-refractivity contribution is 0.250. The molecule has 3 fully saturated rings. The molecule has 5 heteroatoms. The fourth-order valence-corrected chi connectivity index (χ4v) is 4.38. The van der Waals surface area contributed by atoms with Crippen molar-refractivity contribution < 1.29 is 0 Å². The maximum atomic E-state index is 13.1. The monoisotopic (exact) mass is 340 g/mol. The average molecular weight is 340 g/mol. The van der Waals surface area contributed by atoms with E-state index in [1.165, 1.54) is 31.6 Å². The Morgan fingerprint density at radius 1 is 1.12 bits per heavy atom. The Hall–Kier alpha value is -1.88. The van der Waals surface area contributed by atoms with Crippen molar-refractivity contribution >= 4 is 16.6 Å². The molecular weight excluding hydrogens is 312 g/mol. The van der Waals surface area contributed by atoms with Gasteiger partial charge < -0.3 is 9.80 Å². The summed E-state index contributed by atoms with van der Waals surface area (Å²) < 4.78 is 1.87. The molecule has 5 nitrogen and oxygen atoms in total. The minimum absolute atomic E-state index is 0.119. The highest BCUT2D eigenvalue weighted by Crippen LogP contribution is 2.28. The summed E-state index contributed by atoms with van der Waals surface area (Å²) in [6.07, 6.45) is 4.19. The van der Waals surface area contributed by atoms with Gasteiger partial charge in [-0.05, 0) is 37.5 Å². The molecule has 0 spiro atoms. The summed E-state index contributed by atoms with van der Waals surface area (Å²) in [6.45, 7) is 9.52. The minimum Gasteiger partial charge on any atom is -0.367 e. The molecule has 0 saturated carbocycles. The van der Waals surface area contributed by atoms with Gasteiger partial charge in [0.25, 0.3) is 5.56 Å². The molecule has 0 aliphatic carbocycles. The van der Waals surface area contributed by atoms with Gasteiger partial charge in [0.15, 0.2) is 0 Å². The van der Waals surface area contributed by atoms with Crippen LogP contribution >= 0.6 is 0 Å². The number of hydrogen-bond acceptors (Lipinski definition) is 4. The Labute approximate surface area is 149 Å². The van der Waals surface area contributed by atoms with Crippen LogP contribution in [-0.4, -0.2) is 46.7 Å². The van der Waals surface area contributed by atoms with Gasteiger partial charge in [0.05, 0.1) is 10.9 Å². The molecule has 0 unspecified atom stereocenters. The van der Waals surface area contributed by atoms with Crippen LogP contribution in [0.1, 0.15) is 38.9 Å². The van der Waals surface area contributed by atoms with E-state index in [9.17, 15) is 4.79 Å². The van der Waals surface area contributed by atoms with E-state index in [-0.39, 0.29) is 5.56 Å². The van der Waals surface area contributed by atoms with Gasteiger partial charge in [-0.3, -0.25) is 9.36 Å². The van der Waals surface area contributed by atoms with Gasteiger partial charge in [0.2, 0.25) is 0 Å². The Balaban J connectivity index is 1.79. The third-order valence-corrected chi connectivity index (χ3v) is 5.77. The predicted molar refractivity (Wildman–Crippen MR) is 102 cm³/mol. The van der Waals surface area contributed by atoms with Gasteiger partial charge in [-0.25, -0.2) is 4.98 Å². The Kier molecular flexibility index (Phi) is 4.50. The van der Waals surface area contributed by atoms with E-state index in [0.717, 1.165) is 49.2 Å². The maximum Gasteiger partial charge on any atom is 0.261 e. The molecule has 2 aromatic rings. The van der Waals surface area contributed by atoms with Gasteiger partial charge in [0, 0.05) is 50.9 Å². The second-order valence-corrected chi connectivity index (χ2v) is 7.31. The standard InChI is InChI=1S/C20H28N4O/c1-3-9-24-19(4-2)21-18-6-5-16(14-17(18)20(24)25)23-13-12-22-10-7-15(23)8-11-22/h5-6,14-15H,3-4,7-13H2,1-2H3. The van der Waals surface area contributed by atoms with Crippen LogP contribution in [0.5, 0.6) is 0 Å². The van der Waals surface area contributed by atoms with Crippen LogP contribution in [-0.2, 0) is 13.0 Å². The van der Waals surface area contributed by atoms with E-state index < -0.39 is 0 Å². The van der Waals surface area contributed by atoms with Crippen molar-refractivity contribution in [3.05, 3.63) is 34.4 Å². The summed E-state index contributed by atoms with van der Waals surface area (Å²) in [6, 6.07) is 6.90. The number of aryl methyl sites for hydroxylation is 1. The number of anilines is 1. The predicted octanol–water partition coefficient (Wildman–Crippen LogP) is 2.65. The number of fused-ring (bicyclic) bond motifs is 5. The smallest absolute Gasteiger partial charge is 0.261 e. The van der Waals surface area contributed by atoms with Crippen molar-refractivity contribution in [2.45, 2.75) is 52.1 Å². The lowest BCUT2D eigenvalue weighted by Crippen LogP contribution is -2.38. The molecule has 1 aromatic carbocycles. The van der Waals surface area contributed by atoms with E-state index in [1.54, 1.807) is 0 Å². The Morgan fingerprint density at radius 2 is 1.92 bits per heavy atom. The Bertz CT molecular complexity index is 820. The normalized spacial score (nSPS) is 23.2. The van der Waals surface area contributed by atoms with Crippen LogP contribution in [0.4, 0.5) is 5.69 Å². The quantitative estimate of drug-likeness (QED) is 0.858. The second kappa shape index (κ2) is 6.79. The lowest BCUT2D eigenvalue weighted by Gasteiger charge is -2.33. The zero-order valence-corrected chi connectivity index (χ0v) is 15.4. The third-order valence-electron chi connectivity index (χ3n) is 5.77. The molecule has 0 radical (unpaired) electrons. The molecule has 3 saturated heterocycles. The van der Waals surface area contributed by atoms with Gasteiger partial charge in [0.1, 0.15) is 5.82 Å². The zero-order chi connectivity index (χ0) is 17.4. The van der Waals surface area contributed by atoms with Crippen LogP contribution in [0, 0.1) is 0 Å². The molecule has 0 atom stereocenters. The number of rotatable bonds is 4.